The van der Waals surface area contributed by atoms with Gasteiger partial charge in [-0.2, -0.15) is 0 Å². The topological polar surface area (TPSA) is 66.4 Å². The SMILES string of the molecule is Cc1ccc(SCCC(=O)NC(C(=O)O)C(C)C)c(C)c1. The van der Waals surface area contributed by atoms with E-state index < -0.39 is 12.0 Å². The van der Waals surface area contributed by atoms with Gasteiger partial charge in [0.2, 0.25) is 5.91 Å². The van der Waals surface area contributed by atoms with Gasteiger partial charge in [0, 0.05) is 17.1 Å². The number of aryl methyl sites for hydroxylation is 2. The zero-order valence-corrected chi connectivity index (χ0v) is 13.8. The van der Waals surface area contributed by atoms with E-state index in [9.17, 15) is 9.59 Å². The molecule has 1 atom stereocenters. The average Bonchev–Trinajstić information content (AvgIpc) is 2.37. The summed E-state index contributed by atoms with van der Waals surface area (Å²) in [6, 6.07) is 5.40. The molecular weight excluding hydrogens is 286 g/mol. The molecule has 0 bridgehead atoms. The molecule has 0 aliphatic rings. The molecule has 0 fully saturated rings. The van der Waals surface area contributed by atoms with Crippen molar-refractivity contribution in [2.24, 2.45) is 5.92 Å². The lowest BCUT2D eigenvalue weighted by Gasteiger charge is -2.17. The Bertz CT molecular complexity index is 514. The molecule has 1 rings (SSSR count). The molecule has 0 aliphatic heterocycles. The first-order chi connectivity index (χ1) is 9.81. The third kappa shape index (κ3) is 5.79. The van der Waals surface area contributed by atoms with Gasteiger partial charge in [0.05, 0.1) is 0 Å². The van der Waals surface area contributed by atoms with Gasteiger partial charge in [-0.25, -0.2) is 4.79 Å². The minimum atomic E-state index is -0.986. The van der Waals surface area contributed by atoms with Crippen LogP contribution in [-0.2, 0) is 9.59 Å². The van der Waals surface area contributed by atoms with Crippen LogP contribution in [0.25, 0.3) is 0 Å². The van der Waals surface area contributed by atoms with Crippen molar-refractivity contribution in [2.45, 2.75) is 45.1 Å². The smallest absolute Gasteiger partial charge is 0.326 e. The number of thioether (sulfide) groups is 1. The van der Waals surface area contributed by atoms with Gasteiger partial charge in [-0.1, -0.05) is 31.5 Å². The second kappa shape index (κ2) is 8.08. The fourth-order valence-electron chi connectivity index (χ4n) is 1.97. The number of amides is 1. The highest BCUT2D eigenvalue weighted by Gasteiger charge is 2.22. The summed E-state index contributed by atoms with van der Waals surface area (Å²) in [5, 5.41) is 11.6. The van der Waals surface area contributed by atoms with Gasteiger partial charge < -0.3 is 10.4 Å². The van der Waals surface area contributed by atoms with Crippen molar-refractivity contribution in [3.8, 4) is 0 Å². The van der Waals surface area contributed by atoms with E-state index in [1.165, 1.54) is 11.1 Å². The summed E-state index contributed by atoms with van der Waals surface area (Å²) in [5.41, 5.74) is 2.42. The van der Waals surface area contributed by atoms with Gasteiger partial charge in [-0.3, -0.25) is 4.79 Å². The Kier molecular flexibility index (Phi) is 6.75. The normalized spacial score (nSPS) is 12.2. The Balaban J connectivity index is 2.44. The van der Waals surface area contributed by atoms with Crippen LogP contribution >= 0.6 is 11.8 Å². The van der Waals surface area contributed by atoms with Crippen LogP contribution < -0.4 is 5.32 Å². The largest absolute Gasteiger partial charge is 0.480 e. The lowest BCUT2D eigenvalue weighted by Crippen LogP contribution is -2.44. The summed E-state index contributed by atoms with van der Waals surface area (Å²) in [6.07, 6.45) is 0.314. The first-order valence-corrected chi connectivity index (χ1v) is 8.02. The molecule has 5 heteroatoms. The molecule has 1 amide bonds. The molecule has 0 heterocycles. The molecule has 1 unspecified atom stereocenters. The number of carboxylic acid groups (broad SMARTS) is 1. The molecule has 0 radical (unpaired) electrons. The number of aliphatic carboxylic acids is 1. The highest BCUT2D eigenvalue weighted by atomic mass is 32.2. The van der Waals surface area contributed by atoms with Crippen molar-refractivity contribution in [2.75, 3.05) is 5.75 Å². The molecule has 21 heavy (non-hydrogen) atoms. The molecule has 0 spiro atoms. The van der Waals surface area contributed by atoms with Crippen molar-refractivity contribution in [1.29, 1.82) is 0 Å². The number of benzene rings is 1. The Hall–Kier alpha value is -1.49. The predicted octanol–water partition coefficient (Wildman–Crippen LogP) is 3.01. The van der Waals surface area contributed by atoms with Gasteiger partial charge >= 0.3 is 5.97 Å². The summed E-state index contributed by atoms with van der Waals surface area (Å²) in [5.74, 6) is -0.688. The van der Waals surface area contributed by atoms with Crippen molar-refractivity contribution in [3.05, 3.63) is 29.3 Å². The second-order valence-corrected chi connectivity index (χ2v) is 6.63. The lowest BCUT2D eigenvalue weighted by molar-refractivity contribution is -0.143. The Labute approximate surface area is 130 Å². The third-order valence-electron chi connectivity index (χ3n) is 3.17. The van der Waals surface area contributed by atoms with E-state index >= 15 is 0 Å². The standard InChI is InChI=1S/C16H23NO3S/c1-10(2)15(16(19)20)17-14(18)7-8-21-13-6-5-11(3)9-12(13)4/h5-6,9-10,15H,7-8H2,1-4H3,(H,17,18)(H,19,20). The first-order valence-electron chi connectivity index (χ1n) is 7.03. The Morgan fingerprint density at radius 1 is 1.29 bits per heavy atom. The summed E-state index contributed by atoms with van der Waals surface area (Å²) < 4.78 is 0. The summed E-state index contributed by atoms with van der Waals surface area (Å²) in [4.78, 5) is 24.0. The van der Waals surface area contributed by atoms with E-state index in [0.29, 0.717) is 12.2 Å². The van der Waals surface area contributed by atoms with Gasteiger partial charge in [-0.05, 0) is 31.4 Å². The van der Waals surface area contributed by atoms with Crippen LogP contribution in [0.2, 0.25) is 0 Å². The number of carboxylic acids is 1. The number of carbonyl (C=O) groups excluding carboxylic acids is 1. The van der Waals surface area contributed by atoms with Crippen LogP contribution in [0.3, 0.4) is 0 Å². The molecule has 2 N–H and O–H groups in total. The van der Waals surface area contributed by atoms with E-state index in [0.717, 1.165) is 4.90 Å². The van der Waals surface area contributed by atoms with Crippen LogP contribution in [-0.4, -0.2) is 28.8 Å². The number of carbonyl (C=O) groups is 2. The first kappa shape index (κ1) is 17.6. The average molecular weight is 309 g/mol. The minimum absolute atomic E-state index is 0.126. The highest BCUT2D eigenvalue weighted by molar-refractivity contribution is 7.99. The Morgan fingerprint density at radius 3 is 2.48 bits per heavy atom. The maximum absolute atomic E-state index is 11.8. The zero-order chi connectivity index (χ0) is 16.0. The van der Waals surface area contributed by atoms with Gasteiger partial charge in [0.15, 0.2) is 0 Å². The van der Waals surface area contributed by atoms with Crippen molar-refractivity contribution in [3.63, 3.8) is 0 Å². The van der Waals surface area contributed by atoms with Gasteiger partial charge in [0.25, 0.3) is 0 Å². The van der Waals surface area contributed by atoms with Crippen LogP contribution in [0, 0.1) is 19.8 Å². The summed E-state index contributed by atoms with van der Waals surface area (Å²) in [7, 11) is 0. The van der Waals surface area contributed by atoms with Crippen LogP contribution in [0.4, 0.5) is 0 Å². The lowest BCUT2D eigenvalue weighted by atomic mass is 10.0. The number of nitrogens with one attached hydrogen (secondary N) is 1. The third-order valence-corrected chi connectivity index (χ3v) is 4.34. The van der Waals surface area contributed by atoms with Crippen molar-refractivity contribution in [1.82, 2.24) is 5.32 Å². The second-order valence-electron chi connectivity index (χ2n) is 5.49. The fraction of sp³-hybridized carbons (Fsp3) is 0.500. The molecule has 0 aliphatic carbocycles. The summed E-state index contributed by atoms with van der Waals surface area (Å²) >= 11 is 1.62. The number of hydrogen-bond acceptors (Lipinski definition) is 3. The fourth-order valence-corrected chi connectivity index (χ4v) is 2.93. The van der Waals surface area contributed by atoms with Crippen LogP contribution in [0.1, 0.15) is 31.4 Å². The molecule has 1 aromatic rings. The van der Waals surface area contributed by atoms with E-state index in [4.69, 9.17) is 5.11 Å². The molecule has 0 saturated carbocycles. The summed E-state index contributed by atoms with van der Waals surface area (Å²) in [6.45, 7) is 7.66. The molecule has 1 aromatic carbocycles. The Morgan fingerprint density at radius 2 is 1.95 bits per heavy atom. The van der Waals surface area contributed by atoms with Crippen LogP contribution in [0.5, 0.6) is 0 Å². The molecular formula is C16H23NO3S. The van der Waals surface area contributed by atoms with Crippen LogP contribution in [0.15, 0.2) is 23.1 Å². The van der Waals surface area contributed by atoms with E-state index in [1.807, 2.05) is 6.92 Å². The van der Waals surface area contributed by atoms with Crippen molar-refractivity contribution < 1.29 is 14.7 Å². The quantitative estimate of drug-likeness (QED) is 0.760. The highest BCUT2D eigenvalue weighted by Crippen LogP contribution is 2.23. The molecule has 4 nitrogen and oxygen atoms in total. The van der Waals surface area contributed by atoms with E-state index in [-0.39, 0.29) is 11.8 Å². The zero-order valence-electron chi connectivity index (χ0n) is 13.0. The van der Waals surface area contributed by atoms with E-state index in [1.54, 1.807) is 25.6 Å². The molecule has 0 saturated heterocycles. The minimum Gasteiger partial charge on any atom is -0.480 e. The monoisotopic (exact) mass is 309 g/mol. The number of hydrogen-bond donors (Lipinski definition) is 2. The number of rotatable bonds is 7. The predicted molar refractivity (Wildman–Crippen MR) is 85.7 cm³/mol. The maximum atomic E-state index is 11.8. The molecule has 116 valence electrons. The maximum Gasteiger partial charge on any atom is 0.326 e. The molecule has 0 aromatic heterocycles. The van der Waals surface area contributed by atoms with Crippen molar-refractivity contribution >= 4 is 23.6 Å². The van der Waals surface area contributed by atoms with Gasteiger partial charge in [0.1, 0.15) is 6.04 Å². The van der Waals surface area contributed by atoms with Gasteiger partial charge in [-0.15, -0.1) is 11.8 Å². The van der Waals surface area contributed by atoms with E-state index in [2.05, 4.69) is 30.4 Å².